The van der Waals surface area contributed by atoms with Gasteiger partial charge in [0.2, 0.25) is 5.88 Å². The Bertz CT molecular complexity index is 832. The number of fused-ring (bicyclic) bond motifs is 1. The summed E-state index contributed by atoms with van der Waals surface area (Å²) < 4.78 is 10.8. The van der Waals surface area contributed by atoms with E-state index in [0.717, 1.165) is 27.8 Å². The average Bonchev–Trinajstić information content (AvgIpc) is 2.54. The van der Waals surface area contributed by atoms with Crippen LogP contribution in [-0.4, -0.2) is 23.2 Å². The predicted molar refractivity (Wildman–Crippen MR) is 92.3 cm³/mol. The normalized spacial score (nSPS) is 11.0. The van der Waals surface area contributed by atoms with Gasteiger partial charge in [-0.1, -0.05) is 11.6 Å². The van der Waals surface area contributed by atoms with Gasteiger partial charge in [-0.05, 0) is 49.6 Å². The van der Waals surface area contributed by atoms with Crippen molar-refractivity contribution in [2.45, 2.75) is 20.0 Å². The lowest BCUT2D eigenvalue weighted by atomic mass is 10.1. The maximum atomic E-state index is 6.31. The molecule has 3 rings (SSSR count). The van der Waals surface area contributed by atoms with Crippen molar-refractivity contribution in [1.29, 1.82) is 0 Å². The lowest BCUT2D eigenvalue weighted by molar-refractivity contribution is 0.232. The molecule has 0 spiro atoms. The Morgan fingerprint density at radius 3 is 2.57 bits per heavy atom. The highest BCUT2D eigenvalue weighted by Gasteiger charge is 2.08. The molecule has 0 aliphatic heterocycles. The van der Waals surface area contributed by atoms with Crippen molar-refractivity contribution < 1.29 is 9.47 Å². The fourth-order valence-corrected chi connectivity index (χ4v) is 2.57. The summed E-state index contributed by atoms with van der Waals surface area (Å²) in [6.45, 7) is 3.93. The molecule has 0 saturated carbocycles. The molecule has 0 unspecified atom stereocenters. The standard InChI is InChI=1S/C18H17ClN2O2/c1-11(2)23-17-7-4-12(10-20-17)16-9-13-8-14(22-3)5-6-15(13)18(19)21-16/h4-11H,1-3H3. The SMILES string of the molecule is COc1ccc2c(Cl)nc(-c3ccc(OC(C)C)nc3)cc2c1. The molecule has 1 aromatic carbocycles. The van der Waals surface area contributed by atoms with Crippen molar-refractivity contribution >= 4 is 22.4 Å². The molecule has 0 fully saturated rings. The summed E-state index contributed by atoms with van der Waals surface area (Å²) in [5.74, 6) is 1.38. The summed E-state index contributed by atoms with van der Waals surface area (Å²) in [6.07, 6.45) is 1.83. The summed E-state index contributed by atoms with van der Waals surface area (Å²) in [5, 5.41) is 2.33. The molecule has 0 N–H and O–H groups in total. The van der Waals surface area contributed by atoms with Crippen LogP contribution in [0.3, 0.4) is 0 Å². The van der Waals surface area contributed by atoms with Gasteiger partial charge in [0.1, 0.15) is 10.9 Å². The molecule has 5 heteroatoms. The van der Waals surface area contributed by atoms with Gasteiger partial charge in [0, 0.05) is 23.2 Å². The van der Waals surface area contributed by atoms with E-state index in [1.165, 1.54) is 0 Å². The Labute approximate surface area is 140 Å². The first-order chi connectivity index (χ1) is 11.1. The Hall–Kier alpha value is -2.33. The number of aromatic nitrogens is 2. The van der Waals surface area contributed by atoms with Gasteiger partial charge in [0.05, 0.1) is 18.9 Å². The molecule has 0 atom stereocenters. The second kappa shape index (κ2) is 6.42. The fraction of sp³-hybridized carbons (Fsp3) is 0.222. The maximum absolute atomic E-state index is 6.31. The second-order valence-corrected chi connectivity index (χ2v) is 5.80. The first-order valence-electron chi connectivity index (χ1n) is 7.34. The van der Waals surface area contributed by atoms with E-state index in [4.69, 9.17) is 21.1 Å². The smallest absolute Gasteiger partial charge is 0.213 e. The largest absolute Gasteiger partial charge is 0.497 e. The van der Waals surface area contributed by atoms with Crippen molar-refractivity contribution in [2.24, 2.45) is 0 Å². The van der Waals surface area contributed by atoms with Gasteiger partial charge in [-0.25, -0.2) is 9.97 Å². The van der Waals surface area contributed by atoms with E-state index in [0.29, 0.717) is 11.0 Å². The average molecular weight is 329 g/mol. The van der Waals surface area contributed by atoms with Crippen LogP contribution in [0.1, 0.15) is 13.8 Å². The number of halogens is 1. The fourth-order valence-electron chi connectivity index (χ4n) is 2.31. The zero-order valence-electron chi connectivity index (χ0n) is 13.2. The Kier molecular flexibility index (Phi) is 4.35. The molecule has 0 bridgehead atoms. The third-order valence-electron chi connectivity index (χ3n) is 3.38. The highest BCUT2D eigenvalue weighted by molar-refractivity contribution is 6.34. The van der Waals surface area contributed by atoms with Gasteiger partial charge < -0.3 is 9.47 Å². The molecule has 4 nitrogen and oxygen atoms in total. The quantitative estimate of drug-likeness (QED) is 0.648. The van der Waals surface area contributed by atoms with E-state index in [2.05, 4.69) is 9.97 Å². The number of nitrogens with zero attached hydrogens (tertiary/aromatic N) is 2. The number of hydrogen-bond donors (Lipinski definition) is 0. The Balaban J connectivity index is 2.02. The molecule has 23 heavy (non-hydrogen) atoms. The topological polar surface area (TPSA) is 44.2 Å². The van der Waals surface area contributed by atoms with E-state index < -0.39 is 0 Å². The van der Waals surface area contributed by atoms with Gasteiger partial charge >= 0.3 is 0 Å². The first kappa shape index (κ1) is 15.6. The predicted octanol–water partition coefficient (Wildman–Crippen LogP) is 4.75. The number of ether oxygens (including phenoxy) is 2. The third-order valence-corrected chi connectivity index (χ3v) is 3.67. The number of methoxy groups -OCH3 is 1. The zero-order chi connectivity index (χ0) is 16.4. The van der Waals surface area contributed by atoms with Crippen LogP contribution >= 0.6 is 11.6 Å². The van der Waals surface area contributed by atoms with Crippen molar-refractivity contribution in [3.8, 4) is 22.9 Å². The lowest BCUT2D eigenvalue weighted by Crippen LogP contribution is -2.06. The van der Waals surface area contributed by atoms with Crippen LogP contribution in [0, 0.1) is 0 Å². The Morgan fingerprint density at radius 2 is 1.91 bits per heavy atom. The van der Waals surface area contributed by atoms with Gasteiger partial charge in [-0.3, -0.25) is 0 Å². The van der Waals surface area contributed by atoms with Crippen LogP contribution in [0.25, 0.3) is 22.0 Å². The molecule has 0 radical (unpaired) electrons. The van der Waals surface area contributed by atoms with E-state index in [-0.39, 0.29) is 6.10 Å². The minimum absolute atomic E-state index is 0.0917. The molecule has 0 amide bonds. The first-order valence-corrected chi connectivity index (χ1v) is 7.72. The summed E-state index contributed by atoms with van der Waals surface area (Å²) in [6, 6.07) is 11.5. The van der Waals surface area contributed by atoms with Crippen LogP contribution in [0.2, 0.25) is 5.15 Å². The minimum atomic E-state index is 0.0917. The summed E-state index contributed by atoms with van der Waals surface area (Å²) in [4.78, 5) is 8.77. The highest BCUT2D eigenvalue weighted by atomic mass is 35.5. The van der Waals surface area contributed by atoms with Crippen LogP contribution in [-0.2, 0) is 0 Å². The van der Waals surface area contributed by atoms with Crippen molar-refractivity contribution in [3.05, 3.63) is 47.7 Å². The highest BCUT2D eigenvalue weighted by Crippen LogP contribution is 2.30. The lowest BCUT2D eigenvalue weighted by Gasteiger charge is -2.10. The monoisotopic (exact) mass is 328 g/mol. The van der Waals surface area contributed by atoms with E-state index in [9.17, 15) is 0 Å². The van der Waals surface area contributed by atoms with Crippen molar-refractivity contribution in [1.82, 2.24) is 9.97 Å². The molecule has 2 aromatic heterocycles. The van der Waals surface area contributed by atoms with Crippen LogP contribution in [0.5, 0.6) is 11.6 Å². The molecule has 0 aliphatic rings. The molecule has 0 saturated heterocycles. The van der Waals surface area contributed by atoms with Crippen LogP contribution in [0.15, 0.2) is 42.6 Å². The number of benzene rings is 1. The molecule has 0 aliphatic carbocycles. The second-order valence-electron chi connectivity index (χ2n) is 5.44. The van der Waals surface area contributed by atoms with E-state index >= 15 is 0 Å². The molecule has 118 valence electrons. The molecule has 2 heterocycles. The van der Waals surface area contributed by atoms with Crippen molar-refractivity contribution in [3.63, 3.8) is 0 Å². The summed E-state index contributed by atoms with van der Waals surface area (Å²) in [5.41, 5.74) is 1.65. The molecule has 3 aromatic rings. The minimum Gasteiger partial charge on any atom is -0.497 e. The number of pyridine rings is 2. The number of hydrogen-bond acceptors (Lipinski definition) is 4. The Morgan fingerprint density at radius 1 is 1.09 bits per heavy atom. The van der Waals surface area contributed by atoms with E-state index in [1.807, 2.05) is 50.2 Å². The van der Waals surface area contributed by atoms with Gasteiger partial charge in [0.25, 0.3) is 0 Å². The maximum Gasteiger partial charge on any atom is 0.213 e. The molecular weight excluding hydrogens is 312 g/mol. The van der Waals surface area contributed by atoms with Gasteiger partial charge in [-0.2, -0.15) is 0 Å². The zero-order valence-corrected chi connectivity index (χ0v) is 14.0. The third kappa shape index (κ3) is 3.37. The van der Waals surface area contributed by atoms with E-state index in [1.54, 1.807) is 13.3 Å². The van der Waals surface area contributed by atoms with Crippen molar-refractivity contribution in [2.75, 3.05) is 7.11 Å². The van der Waals surface area contributed by atoms with Gasteiger partial charge in [0.15, 0.2) is 0 Å². The summed E-state index contributed by atoms with van der Waals surface area (Å²) in [7, 11) is 1.64. The summed E-state index contributed by atoms with van der Waals surface area (Å²) >= 11 is 6.31. The van der Waals surface area contributed by atoms with Gasteiger partial charge in [-0.15, -0.1) is 0 Å². The van der Waals surface area contributed by atoms with Crippen LogP contribution in [0.4, 0.5) is 0 Å². The molecular formula is C18H17ClN2O2. The number of rotatable bonds is 4. The van der Waals surface area contributed by atoms with Crippen LogP contribution < -0.4 is 9.47 Å².